The lowest BCUT2D eigenvalue weighted by Crippen LogP contribution is -2.49. The van der Waals surface area contributed by atoms with E-state index in [4.69, 9.17) is 4.74 Å². The van der Waals surface area contributed by atoms with Crippen LogP contribution in [0.25, 0.3) is 0 Å². The van der Waals surface area contributed by atoms with Crippen molar-refractivity contribution in [3.05, 3.63) is 0 Å². The molecule has 1 aliphatic carbocycles. The molecule has 2 heterocycles. The summed E-state index contributed by atoms with van der Waals surface area (Å²) in [5.41, 5.74) is 0.229. The van der Waals surface area contributed by atoms with Crippen molar-refractivity contribution in [1.82, 2.24) is 5.32 Å². The predicted molar refractivity (Wildman–Crippen MR) is 81.2 cm³/mol. The van der Waals surface area contributed by atoms with E-state index < -0.39 is 17.8 Å². The maximum absolute atomic E-state index is 12.7. The van der Waals surface area contributed by atoms with Crippen LogP contribution in [-0.2, 0) is 14.3 Å². The van der Waals surface area contributed by atoms with E-state index in [0.29, 0.717) is 5.92 Å². The zero-order chi connectivity index (χ0) is 16.1. The van der Waals surface area contributed by atoms with Crippen molar-refractivity contribution in [2.75, 3.05) is 0 Å². The van der Waals surface area contributed by atoms with Crippen molar-refractivity contribution in [2.45, 2.75) is 71.1 Å². The number of fused-ring (bicyclic) bond motifs is 2. The van der Waals surface area contributed by atoms with Gasteiger partial charge in [-0.15, -0.1) is 0 Å². The molecule has 5 heteroatoms. The van der Waals surface area contributed by atoms with E-state index in [0.717, 1.165) is 25.7 Å². The van der Waals surface area contributed by atoms with Crippen molar-refractivity contribution in [2.24, 2.45) is 23.2 Å². The largest absolute Gasteiger partial charge is 0.481 e. The van der Waals surface area contributed by atoms with Gasteiger partial charge in [0.25, 0.3) is 0 Å². The number of amides is 1. The summed E-state index contributed by atoms with van der Waals surface area (Å²) < 4.78 is 5.69. The number of hydrogen-bond acceptors (Lipinski definition) is 3. The van der Waals surface area contributed by atoms with E-state index in [-0.39, 0.29) is 29.6 Å². The maximum atomic E-state index is 12.7. The van der Waals surface area contributed by atoms with Crippen LogP contribution in [0.1, 0.15) is 52.9 Å². The molecule has 0 unspecified atom stereocenters. The van der Waals surface area contributed by atoms with Gasteiger partial charge in [0.05, 0.1) is 24.0 Å². The molecule has 2 bridgehead atoms. The fourth-order valence-electron chi connectivity index (χ4n) is 5.08. The van der Waals surface area contributed by atoms with Crippen LogP contribution in [0.4, 0.5) is 0 Å². The molecule has 0 aromatic carbocycles. The molecular weight excluding hydrogens is 282 g/mol. The van der Waals surface area contributed by atoms with Gasteiger partial charge in [0.1, 0.15) is 0 Å². The molecule has 2 aliphatic heterocycles. The van der Waals surface area contributed by atoms with Crippen LogP contribution >= 0.6 is 0 Å². The lowest BCUT2D eigenvalue weighted by molar-refractivity contribution is -0.148. The minimum absolute atomic E-state index is 0.116. The van der Waals surface area contributed by atoms with Crippen LogP contribution in [0.2, 0.25) is 0 Å². The van der Waals surface area contributed by atoms with Crippen LogP contribution in [0.15, 0.2) is 0 Å². The van der Waals surface area contributed by atoms with Crippen molar-refractivity contribution < 1.29 is 19.4 Å². The van der Waals surface area contributed by atoms with Crippen LogP contribution in [-0.4, -0.2) is 35.2 Å². The van der Waals surface area contributed by atoms with E-state index in [9.17, 15) is 14.7 Å². The lowest BCUT2D eigenvalue weighted by Gasteiger charge is -2.40. The third kappa shape index (κ3) is 2.87. The Balaban J connectivity index is 1.68. The summed E-state index contributed by atoms with van der Waals surface area (Å²) in [7, 11) is 0. The summed E-state index contributed by atoms with van der Waals surface area (Å²) in [4.78, 5) is 24.2. The molecule has 22 heavy (non-hydrogen) atoms. The second-order valence-electron chi connectivity index (χ2n) is 8.30. The standard InChI is InChI=1S/C17H27NO4/c1-9-6-10(8-17(2,3)7-9)18-15(19)13-11-4-5-12(22-11)14(13)16(20)21/h9-14H,4-8H2,1-3H3,(H,18,19)(H,20,21)/t9-,10+,11-,12+,13+,14-/m0/s1. The third-order valence-corrected chi connectivity index (χ3v) is 5.59. The summed E-state index contributed by atoms with van der Waals surface area (Å²) in [5, 5.41) is 12.6. The molecule has 3 fully saturated rings. The number of carbonyl (C=O) groups is 2. The van der Waals surface area contributed by atoms with Gasteiger partial charge in [-0.05, 0) is 43.4 Å². The van der Waals surface area contributed by atoms with Gasteiger partial charge in [0, 0.05) is 6.04 Å². The second kappa shape index (κ2) is 5.52. The Morgan fingerprint density at radius 2 is 1.77 bits per heavy atom. The monoisotopic (exact) mass is 309 g/mol. The van der Waals surface area contributed by atoms with Gasteiger partial charge >= 0.3 is 5.97 Å². The average Bonchev–Trinajstić information content (AvgIpc) is 2.95. The molecule has 5 nitrogen and oxygen atoms in total. The van der Waals surface area contributed by atoms with Crippen molar-refractivity contribution >= 4 is 11.9 Å². The molecule has 3 rings (SSSR count). The van der Waals surface area contributed by atoms with Crippen LogP contribution < -0.4 is 5.32 Å². The SMILES string of the molecule is C[C@H]1C[C@@H](NC(=O)[C@H]2[C@@H](C(=O)O)[C@H]3CC[C@@H]2O3)CC(C)(C)C1. The van der Waals surface area contributed by atoms with E-state index in [1.165, 1.54) is 6.42 Å². The number of hydrogen-bond donors (Lipinski definition) is 2. The molecule has 2 saturated heterocycles. The first-order chi connectivity index (χ1) is 10.3. The topological polar surface area (TPSA) is 75.6 Å². The molecule has 6 atom stereocenters. The molecule has 0 radical (unpaired) electrons. The molecule has 1 saturated carbocycles. The van der Waals surface area contributed by atoms with E-state index in [1.54, 1.807) is 0 Å². The molecule has 3 aliphatic rings. The predicted octanol–water partition coefficient (Wildman–Crippen LogP) is 2.20. The van der Waals surface area contributed by atoms with Crippen LogP contribution in [0.5, 0.6) is 0 Å². The number of aliphatic carboxylic acids is 1. The van der Waals surface area contributed by atoms with Gasteiger partial charge in [-0.2, -0.15) is 0 Å². The van der Waals surface area contributed by atoms with E-state index in [1.807, 2.05) is 0 Å². The molecular formula is C17H27NO4. The Bertz CT molecular complexity index is 475. The minimum Gasteiger partial charge on any atom is -0.481 e. The quantitative estimate of drug-likeness (QED) is 0.838. The van der Waals surface area contributed by atoms with E-state index >= 15 is 0 Å². The smallest absolute Gasteiger partial charge is 0.310 e. The molecule has 0 aromatic heterocycles. The van der Waals surface area contributed by atoms with E-state index in [2.05, 4.69) is 26.1 Å². The van der Waals surface area contributed by atoms with Crippen LogP contribution in [0.3, 0.4) is 0 Å². The lowest BCUT2D eigenvalue weighted by atomic mass is 9.70. The average molecular weight is 309 g/mol. The summed E-state index contributed by atoms with van der Waals surface area (Å²) in [6, 6.07) is 0.153. The Morgan fingerprint density at radius 3 is 2.36 bits per heavy atom. The van der Waals surface area contributed by atoms with Gasteiger partial charge in [-0.3, -0.25) is 9.59 Å². The highest BCUT2D eigenvalue weighted by Gasteiger charge is 2.55. The van der Waals surface area contributed by atoms with Crippen molar-refractivity contribution in [3.8, 4) is 0 Å². The number of carbonyl (C=O) groups excluding carboxylic acids is 1. The highest BCUT2D eigenvalue weighted by atomic mass is 16.5. The Morgan fingerprint density at radius 1 is 1.14 bits per heavy atom. The maximum Gasteiger partial charge on any atom is 0.310 e. The Kier molecular flexibility index (Phi) is 3.96. The molecule has 0 aromatic rings. The van der Waals surface area contributed by atoms with Gasteiger partial charge < -0.3 is 15.2 Å². The second-order valence-corrected chi connectivity index (χ2v) is 8.30. The Hall–Kier alpha value is -1.10. The van der Waals surface area contributed by atoms with Gasteiger partial charge in [-0.1, -0.05) is 20.8 Å². The van der Waals surface area contributed by atoms with Gasteiger partial charge in [-0.25, -0.2) is 0 Å². The molecule has 0 spiro atoms. The van der Waals surface area contributed by atoms with Crippen molar-refractivity contribution in [3.63, 3.8) is 0 Å². The number of carboxylic acid groups (broad SMARTS) is 1. The first kappa shape index (κ1) is 15.8. The van der Waals surface area contributed by atoms with Gasteiger partial charge in [0.2, 0.25) is 5.91 Å². The van der Waals surface area contributed by atoms with Crippen molar-refractivity contribution in [1.29, 1.82) is 0 Å². The fraction of sp³-hybridized carbons (Fsp3) is 0.882. The fourth-order valence-corrected chi connectivity index (χ4v) is 5.08. The highest BCUT2D eigenvalue weighted by Crippen LogP contribution is 2.44. The molecule has 2 N–H and O–H groups in total. The summed E-state index contributed by atoms with van der Waals surface area (Å²) in [6.07, 6.45) is 4.20. The summed E-state index contributed by atoms with van der Waals surface area (Å²) in [6.45, 7) is 6.70. The molecule has 1 amide bonds. The first-order valence-corrected chi connectivity index (χ1v) is 8.45. The number of rotatable bonds is 3. The zero-order valence-corrected chi connectivity index (χ0v) is 13.7. The molecule has 124 valence electrons. The normalized spacial score (nSPS) is 43.0. The number of ether oxygens (including phenoxy) is 1. The minimum atomic E-state index is -0.898. The van der Waals surface area contributed by atoms with Gasteiger partial charge in [0.15, 0.2) is 0 Å². The summed E-state index contributed by atoms with van der Waals surface area (Å²) >= 11 is 0. The highest BCUT2D eigenvalue weighted by molar-refractivity contribution is 5.86. The third-order valence-electron chi connectivity index (χ3n) is 5.59. The van der Waals surface area contributed by atoms with Crippen LogP contribution in [0, 0.1) is 23.2 Å². The number of nitrogens with one attached hydrogen (secondary N) is 1. The summed E-state index contributed by atoms with van der Waals surface area (Å²) in [5.74, 6) is -1.62. The number of carboxylic acids is 1. The first-order valence-electron chi connectivity index (χ1n) is 8.45. The Labute approximate surface area is 131 Å². The zero-order valence-electron chi connectivity index (χ0n) is 13.7.